The highest BCUT2D eigenvalue weighted by Crippen LogP contribution is 2.17. The summed E-state index contributed by atoms with van der Waals surface area (Å²) in [6.07, 6.45) is 10.9. The van der Waals surface area contributed by atoms with Gasteiger partial charge in [-0.15, -0.1) is 0 Å². The van der Waals surface area contributed by atoms with E-state index in [1.807, 2.05) is 0 Å². The molecule has 1 atom stereocenters. The molecule has 0 unspecified atom stereocenters. The molecule has 17 heavy (non-hydrogen) atoms. The van der Waals surface area contributed by atoms with Crippen molar-refractivity contribution in [2.75, 3.05) is 0 Å². The van der Waals surface area contributed by atoms with Crippen LogP contribution < -0.4 is 10.6 Å². The molecule has 2 N–H and O–H groups in total. The maximum atomic E-state index is 11.7. The van der Waals surface area contributed by atoms with E-state index in [4.69, 9.17) is 0 Å². The highest BCUT2D eigenvalue weighted by atomic mass is 16.2. The first kappa shape index (κ1) is 14.3. The first-order valence-corrected chi connectivity index (χ1v) is 7.29. The average molecular weight is 240 g/mol. The maximum Gasteiger partial charge on any atom is 0.315 e. The summed E-state index contributed by atoms with van der Waals surface area (Å²) >= 11 is 0. The third-order valence-corrected chi connectivity index (χ3v) is 3.56. The summed E-state index contributed by atoms with van der Waals surface area (Å²) in [6.45, 7) is 4.30. The molecule has 0 aromatic carbocycles. The van der Waals surface area contributed by atoms with E-state index in [2.05, 4.69) is 24.5 Å². The Balaban J connectivity index is 2.10. The lowest BCUT2D eigenvalue weighted by Crippen LogP contribution is -2.45. The summed E-state index contributed by atoms with van der Waals surface area (Å²) < 4.78 is 0. The Labute approximate surface area is 106 Å². The van der Waals surface area contributed by atoms with E-state index in [1.54, 1.807) is 0 Å². The molecule has 1 rings (SSSR count). The average Bonchev–Trinajstić information content (AvgIpc) is 2.30. The molecular weight excluding hydrogens is 212 g/mol. The molecular formula is C14H28N2O. The molecule has 3 heteroatoms. The lowest BCUT2D eigenvalue weighted by Gasteiger charge is -2.24. The number of amides is 2. The monoisotopic (exact) mass is 240 g/mol. The van der Waals surface area contributed by atoms with Gasteiger partial charge in [-0.2, -0.15) is 0 Å². The minimum atomic E-state index is 0.0286. The SMILES string of the molecule is CCCCC[C@@H](C)NC(=O)NC1CCCCC1. The van der Waals surface area contributed by atoms with Crippen molar-refractivity contribution in [2.45, 2.75) is 83.7 Å². The lowest BCUT2D eigenvalue weighted by molar-refractivity contribution is 0.228. The first-order chi connectivity index (χ1) is 8.22. The predicted octanol–water partition coefficient (Wildman–Crippen LogP) is 3.59. The van der Waals surface area contributed by atoms with Gasteiger partial charge in [-0.25, -0.2) is 4.79 Å². The van der Waals surface area contributed by atoms with Gasteiger partial charge >= 0.3 is 6.03 Å². The van der Waals surface area contributed by atoms with Gasteiger partial charge in [0, 0.05) is 12.1 Å². The molecule has 2 amide bonds. The van der Waals surface area contributed by atoms with E-state index in [0.717, 1.165) is 19.3 Å². The molecule has 3 nitrogen and oxygen atoms in total. The molecule has 0 radical (unpaired) electrons. The minimum absolute atomic E-state index is 0.0286. The van der Waals surface area contributed by atoms with Gasteiger partial charge in [-0.1, -0.05) is 45.4 Å². The van der Waals surface area contributed by atoms with Gasteiger partial charge in [-0.3, -0.25) is 0 Å². The van der Waals surface area contributed by atoms with Crippen LogP contribution in [0.3, 0.4) is 0 Å². The van der Waals surface area contributed by atoms with Crippen LogP contribution in [-0.2, 0) is 0 Å². The number of rotatable bonds is 6. The maximum absolute atomic E-state index is 11.7. The van der Waals surface area contributed by atoms with Crippen LogP contribution in [0.2, 0.25) is 0 Å². The van der Waals surface area contributed by atoms with Crippen molar-refractivity contribution in [1.82, 2.24) is 10.6 Å². The quantitative estimate of drug-likeness (QED) is 0.684. The Hall–Kier alpha value is -0.730. The molecule has 1 aliphatic rings. The highest BCUT2D eigenvalue weighted by molar-refractivity contribution is 5.74. The molecule has 0 heterocycles. The number of hydrogen-bond donors (Lipinski definition) is 2. The Kier molecular flexibility index (Phi) is 7.06. The fourth-order valence-corrected chi connectivity index (χ4v) is 2.47. The smallest absolute Gasteiger partial charge is 0.315 e. The number of nitrogens with one attached hydrogen (secondary N) is 2. The van der Waals surface area contributed by atoms with Crippen LogP contribution in [0.25, 0.3) is 0 Å². The summed E-state index contributed by atoms with van der Waals surface area (Å²) in [5.74, 6) is 0. The summed E-state index contributed by atoms with van der Waals surface area (Å²) in [7, 11) is 0. The van der Waals surface area contributed by atoms with Crippen LogP contribution in [0.1, 0.15) is 71.6 Å². The van der Waals surface area contributed by atoms with Gasteiger partial charge in [0.1, 0.15) is 0 Å². The van der Waals surface area contributed by atoms with Crippen molar-refractivity contribution in [2.24, 2.45) is 0 Å². The van der Waals surface area contributed by atoms with Gasteiger partial charge in [0.25, 0.3) is 0 Å². The van der Waals surface area contributed by atoms with E-state index in [-0.39, 0.29) is 6.03 Å². The van der Waals surface area contributed by atoms with Crippen molar-refractivity contribution in [1.29, 1.82) is 0 Å². The lowest BCUT2D eigenvalue weighted by atomic mass is 9.96. The highest BCUT2D eigenvalue weighted by Gasteiger charge is 2.16. The van der Waals surface area contributed by atoms with E-state index in [0.29, 0.717) is 12.1 Å². The van der Waals surface area contributed by atoms with Crippen molar-refractivity contribution in [3.63, 3.8) is 0 Å². The molecule has 0 aromatic heterocycles. The zero-order chi connectivity index (χ0) is 12.5. The number of urea groups is 1. The van der Waals surface area contributed by atoms with Crippen LogP contribution in [0.5, 0.6) is 0 Å². The topological polar surface area (TPSA) is 41.1 Å². The number of hydrogen-bond acceptors (Lipinski definition) is 1. The van der Waals surface area contributed by atoms with Crippen molar-refractivity contribution in [3.05, 3.63) is 0 Å². The van der Waals surface area contributed by atoms with Crippen LogP contribution in [0, 0.1) is 0 Å². The molecule has 0 saturated heterocycles. The molecule has 1 fully saturated rings. The Morgan fingerprint density at radius 3 is 2.59 bits per heavy atom. The number of unbranched alkanes of at least 4 members (excludes halogenated alkanes) is 2. The molecule has 0 spiro atoms. The van der Waals surface area contributed by atoms with Crippen LogP contribution >= 0.6 is 0 Å². The van der Waals surface area contributed by atoms with Crippen LogP contribution in [0.15, 0.2) is 0 Å². The van der Waals surface area contributed by atoms with Gasteiger partial charge in [0.2, 0.25) is 0 Å². The Bertz CT molecular complexity index is 212. The summed E-state index contributed by atoms with van der Waals surface area (Å²) in [6, 6.07) is 0.734. The second-order valence-electron chi connectivity index (χ2n) is 5.35. The minimum Gasteiger partial charge on any atom is -0.336 e. The largest absolute Gasteiger partial charge is 0.336 e. The zero-order valence-corrected chi connectivity index (χ0v) is 11.4. The Morgan fingerprint density at radius 1 is 1.24 bits per heavy atom. The summed E-state index contributed by atoms with van der Waals surface area (Å²) in [4.78, 5) is 11.7. The van der Waals surface area contributed by atoms with E-state index in [1.165, 1.54) is 38.5 Å². The first-order valence-electron chi connectivity index (χ1n) is 7.29. The fourth-order valence-electron chi connectivity index (χ4n) is 2.47. The molecule has 1 aliphatic carbocycles. The number of carbonyl (C=O) groups excluding carboxylic acids is 1. The molecule has 0 bridgehead atoms. The molecule has 1 saturated carbocycles. The van der Waals surface area contributed by atoms with Gasteiger partial charge in [0.15, 0.2) is 0 Å². The van der Waals surface area contributed by atoms with E-state index in [9.17, 15) is 4.79 Å². The van der Waals surface area contributed by atoms with Crippen LogP contribution in [-0.4, -0.2) is 18.1 Å². The number of carbonyl (C=O) groups is 1. The van der Waals surface area contributed by atoms with Crippen molar-refractivity contribution in [3.8, 4) is 0 Å². The normalized spacial score (nSPS) is 18.7. The van der Waals surface area contributed by atoms with Crippen molar-refractivity contribution >= 4 is 6.03 Å². The summed E-state index contributed by atoms with van der Waals surface area (Å²) in [5, 5.41) is 6.13. The Morgan fingerprint density at radius 2 is 1.94 bits per heavy atom. The third-order valence-electron chi connectivity index (χ3n) is 3.56. The second-order valence-corrected chi connectivity index (χ2v) is 5.35. The van der Waals surface area contributed by atoms with Gasteiger partial charge in [0.05, 0.1) is 0 Å². The van der Waals surface area contributed by atoms with E-state index < -0.39 is 0 Å². The molecule has 0 aliphatic heterocycles. The van der Waals surface area contributed by atoms with Gasteiger partial charge < -0.3 is 10.6 Å². The van der Waals surface area contributed by atoms with Crippen molar-refractivity contribution < 1.29 is 4.79 Å². The predicted molar refractivity (Wildman–Crippen MR) is 72.1 cm³/mol. The summed E-state index contributed by atoms with van der Waals surface area (Å²) in [5.41, 5.74) is 0. The standard InChI is InChI=1S/C14H28N2O/c1-3-4-6-9-12(2)15-14(17)16-13-10-7-5-8-11-13/h12-13H,3-11H2,1-2H3,(H2,15,16,17)/t12-/m1/s1. The fraction of sp³-hybridized carbons (Fsp3) is 0.929. The van der Waals surface area contributed by atoms with Gasteiger partial charge in [-0.05, 0) is 26.2 Å². The zero-order valence-electron chi connectivity index (χ0n) is 11.4. The van der Waals surface area contributed by atoms with Crippen LogP contribution in [0.4, 0.5) is 4.79 Å². The third kappa shape index (κ3) is 6.54. The molecule has 100 valence electrons. The second kappa shape index (κ2) is 8.37. The molecule has 0 aromatic rings. The van der Waals surface area contributed by atoms with E-state index >= 15 is 0 Å².